The summed E-state index contributed by atoms with van der Waals surface area (Å²) in [4.78, 5) is 14.0. The third kappa shape index (κ3) is 3.75. The van der Waals surface area contributed by atoms with Crippen LogP contribution in [0.15, 0.2) is 48.5 Å². The number of ether oxygens (including phenoxy) is 1. The van der Waals surface area contributed by atoms with Crippen LogP contribution in [0.4, 0.5) is 0 Å². The van der Waals surface area contributed by atoms with E-state index in [-0.39, 0.29) is 11.3 Å². The first kappa shape index (κ1) is 18.5. The quantitative estimate of drug-likeness (QED) is 0.895. The number of benzene rings is 2. The fourth-order valence-electron chi connectivity index (χ4n) is 3.91. The summed E-state index contributed by atoms with van der Waals surface area (Å²) in [5, 5.41) is 0. The second-order valence-corrected chi connectivity index (χ2v) is 7.60. The minimum atomic E-state index is -0.361. The Balaban J connectivity index is 1.70. The predicted molar refractivity (Wildman–Crippen MR) is 104 cm³/mol. The lowest BCUT2D eigenvalue weighted by molar-refractivity contribution is 0.0996. The molecular formula is C22H28N2O2. The van der Waals surface area contributed by atoms with Gasteiger partial charge in [-0.3, -0.25) is 9.69 Å². The zero-order chi connectivity index (χ0) is 18.7. The van der Waals surface area contributed by atoms with Gasteiger partial charge in [0.05, 0.1) is 7.11 Å². The Hall–Kier alpha value is -2.33. The maximum absolute atomic E-state index is 11.5. The normalized spacial score (nSPS) is 23.6. The first-order valence-electron chi connectivity index (χ1n) is 9.18. The van der Waals surface area contributed by atoms with Crippen molar-refractivity contribution in [3.63, 3.8) is 0 Å². The van der Waals surface area contributed by atoms with Crippen molar-refractivity contribution in [1.82, 2.24) is 4.90 Å². The van der Waals surface area contributed by atoms with Crippen LogP contribution in [0.25, 0.3) is 0 Å². The highest BCUT2D eigenvalue weighted by Crippen LogP contribution is 2.40. The van der Waals surface area contributed by atoms with Crippen LogP contribution in [-0.2, 0) is 12.0 Å². The van der Waals surface area contributed by atoms with Gasteiger partial charge in [0, 0.05) is 18.7 Å². The Labute approximate surface area is 156 Å². The van der Waals surface area contributed by atoms with Crippen LogP contribution in [-0.4, -0.2) is 31.0 Å². The third-order valence-corrected chi connectivity index (χ3v) is 5.94. The maximum Gasteiger partial charge on any atom is 0.248 e. The SMILES string of the molecule is COc1ccc(CN2CC[C@@](C)(c3cccc(C(N)=O)c3)[C@@H](C)C2)cc1. The molecule has 4 heteroatoms. The average molecular weight is 352 g/mol. The maximum atomic E-state index is 11.5. The van der Waals surface area contributed by atoms with Crippen LogP contribution in [0.3, 0.4) is 0 Å². The Morgan fingerprint density at radius 2 is 2.00 bits per heavy atom. The number of methoxy groups -OCH3 is 1. The monoisotopic (exact) mass is 352 g/mol. The van der Waals surface area contributed by atoms with Gasteiger partial charge in [-0.2, -0.15) is 0 Å². The number of primary amides is 1. The summed E-state index contributed by atoms with van der Waals surface area (Å²) in [6.07, 6.45) is 1.06. The van der Waals surface area contributed by atoms with Crippen LogP contribution in [0.1, 0.15) is 41.8 Å². The van der Waals surface area contributed by atoms with E-state index in [2.05, 4.69) is 36.9 Å². The third-order valence-electron chi connectivity index (χ3n) is 5.94. The van der Waals surface area contributed by atoms with E-state index in [0.29, 0.717) is 11.5 Å². The van der Waals surface area contributed by atoms with Crippen LogP contribution >= 0.6 is 0 Å². The Kier molecular flexibility index (Phi) is 5.33. The van der Waals surface area contributed by atoms with E-state index in [4.69, 9.17) is 10.5 Å². The molecule has 0 unspecified atom stereocenters. The smallest absolute Gasteiger partial charge is 0.248 e. The van der Waals surface area contributed by atoms with E-state index < -0.39 is 0 Å². The zero-order valence-electron chi connectivity index (χ0n) is 15.9. The molecule has 2 aromatic rings. The van der Waals surface area contributed by atoms with E-state index in [1.54, 1.807) is 13.2 Å². The molecule has 0 saturated carbocycles. The van der Waals surface area contributed by atoms with Gasteiger partial charge in [-0.25, -0.2) is 0 Å². The van der Waals surface area contributed by atoms with Gasteiger partial charge in [0.15, 0.2) is 0 Å². The predicted octanol–water partition coefficient (Wildman–Crippen LogP) is 3.59. The van der Waals surface area contributed by atoms with Gasteiger partial charge in [0.1, 0.15) is 5.75 Å². The van der Waals surface area contributed by atoms with Crippen LogP contribution in [0.2, 0.25) is 0 Å². The number of nitrogens with zero attached hydrogens (tertiary/aromatic N) is 1. The van der Waals surface area contributed by atoms with Crippen molar-refractivity contribution in [3.8, 4) is 5.75 Å². The Morgan fingerprint density at radius 3 is 2.62 bits per heavy atom. The largest absolute Gasteiger partial charge is 0.497 e. The number of rotatable bonds is 5. The molecule has 1 aliphatic rings. The van der Waals surface area contributed by atoms with Crippen LogP contribution < -0.4 is 10.5 Å². The van der Waals surface area contributed by atoms with E-state index in [1.807, 2.05) is 24.3 Å². The molecular weight excluding hydrogens is 324 g/mol. The summed E-state index contributed by atoms with van der Waals surface area (Å²) in [7, 11) is 1.69. The number of likely N-dealkylation sites (tertiary alicyclic amines) is 1. The van der Waals surface area contributed by atoms with Crippen molar-refractivity contribution < 1.29 is 9.53 Å². The molecule has 0 bridgehead atoms. The molecule has 0 aliphatic carbocycles. The standard InChI is InChI=1S/C22H28N2O2/c1-16-14-24(15-17-7-9-20(26-3)10-8-17)12-11-22(16,2)19-6-4-5-18(13-19)21(23)25/h4-10,13,16H,11-12,14-15H2,1-3H3,(H2,23,25)/t16-,22+/m0/s1. The minimum Gasteiger partial charge on any atom is -0.497 e. The van der Waals surface area contributed by atoms with Crippen LogP contribution in [0.5, 0.6) is 5.75 Å². The fraction of sp³-hybridized carbons (Fsp3) is 0.409. The number of nitrogens with two attached hydrogens (primary N) is 1. The highest BCUT2D eigenvalue weighted by molar-refractivity contribution is 5.92. The van der Waals surface area contributed by atoms with Crippen molar-refractivity contribution in [2.45, 2.75) is 32.2 Å². The second-order valence-electron chi connectivity index (χ2n) is 7.60. The highest BCUT2D eigenvalue weighted by atomic mass is 16.5. The molecule has 2 aromatic carbocycles. The lowest BCUT2D eigenvalue weighted by Gasteiger charge is -2.45. The molecule has 2 atom stereocenters. The zero-order valence-corrected chi connectivity index (χ0v) is 15.9. The molecule has 1 heterocycles. The molecule has 1 amide bonds. The molecule has 3 rings (SSSR count). The summed E-state index contributed by atoms with van der Waals surface area (Å²) in [6, 6.07) is 16.1. The molecule has 1 fully saturated rings. The minimum absolute atomic E-state index is 0.0574. The van der Waals surface area contributed by atoms with E-state index in [1.165, 1.54) is 11.1 Å². The van der Waals surface area contributed by atoms with Gasteiger partial charge in [0.2, 0.25) is 5.91 Å². The number of amides is 1. The lowest BCUT2D eigenvalue weighted by Crippen LogP contribution is -2.47. The Bertz CT molecular complexity index is 772. The summed E-state index contributed by atoms with van der Waals surface area (Å²) in [5.74, 6) is 1.01. The van der Waals surface area contributed by atoms with Crippen molar-refractivity contribution in [2.75, 3.05) is 20.2 Å². The average Bonchev–Trinajstić information content (AvgIpc) is 2.65. The summed E-state index contributed by atoms with van der Waals surface area (Å²) in [6.45, 7) is 7.63. The molecule has 2 N–H and O–H groups in total. The molecule has 0 radical (unpaired) electrons. The molecule has 1 saturated heterocycles. The molecule has 0 spiro atoms. The van der Waals surface area contributed by atoms with E-state index >= 15 is 0 Å². The number of carbonyl (C=O) groups excluding carboxylic acids is 1. The van der Waals surface area contributed by atoms with Crippen LogP contribution in [0, 0.1) is 5.92 Å². The van der Waals surface area contributed by atoms with Gasteiger partial charge in [-0.05, 0) is 59.7 Å². The van der Waals surface area contributed by atoms with Crippen molar-refractivity contribution in [2.24, 2.45) is 11.7 Å². The van der Waals surface area contributed by atoms with Gasteiger partial charge in [0.25, 0.3) is 0 Å². The van der Waals surface area contributed by atoms with Gasteiger partial charge in [-0.1, -0.05) is 38.1 Å². The molecule has 26 heavy (non-hydrogen) atoms. The van der Waals surface area contributed by atoms with Gasteiger partial charge < -0.3 is 10.5 Å². The lowest BCUT2D eigenvalue weighted by atomic mass is 9.68. The van der Waals surface area contributed by atoms with Crippen molar-refractivity contribution in [3.05, 3.63) is 65.2 Å². The number of piperidine rings is 1. The van der Waals surface area contributed by atoms with E-state index in [0.717, 1.165) is 31.8 Å². The van der Waals surface area contributed by atoms with Crippen molar-refractivity contribution in [1.29, 1.82) is 0 Å². The Morgan fingerprint density at radius 1 is 1.27 bits per heavy atom. The first-order chi connectivity index (χ1) is 12.4. The molecule has 4 nitrogen and oxygen atoms in total. The topological polar surface area (TPSA) is 55.6 Å². The number of carbonyl (C=O) groups is 1. The summed E-state index contributed by atoms with van der Waals surface area (Å²) in [5.41, 5.74) is 8.63. The van der Waals surface area contributed by atoms with Gasteiger partial charge in [-0.15, -0.1) is 0 Å². The summed E-state index contributed by atoms with van der Waals surface area (Å²) >= 11 is 0. The first-order valence-corrected chi connectivity index (χ1v) is 9.18. The number of hydrogen-bond acceptors (Lipinski definition) is 3. The van der Waals surface area contributed by atoms with Crippen molar-refractivity contribution >= 4 is 5.91 Å². The number of hydrogen-bond donors (Lipinski definition) is 1. The molecule has 0 aromatic heterocycles. The highest BCUT2D eigenvalue weighted by Gasteiger charge is 2.38. The fourth-order valence-corrected chi connectivity index (χ4v) is 3.91. The molecule has 138 valence electrons. The second kappa shape index (κ2) is 7.50. The van der Waals surface area contributed by atoms with E-state index in [9.17, 15) is 4.79 Å². The summed E-state index contributed by atoms with van der Waals surface area (Å²) < 4.78 is 5.23. The van der Waals surface area contributed by atoms with Gasteiger partial charge >= 0.3 is 0 Å². The molecule has 1 aliphatic heterocycles.